The Kier molecular flexibility index (Phi) is 6.41. The van der Waals surface area contributed by atoms with Gasteiger partial charge in [-0.25, -0.2) is 4.79 Å². The van der Waals surface area contributed by atoms with Gasteiger partial charge in [0.05, 0.1) is 6.61 Å². The maximum absolute atomic E-state index is 12.1. The Morgan fingerprint density at radius 1 is 1.04 bits per heavy atom. The van der Waals surface area contributed by atoms with Crippen LogP contribution in [0.4, 0.5) is 5.69 Å². The van der Waals surface area contributed by atoms with Gasteiger partial charge in [0, 0.05) is 29.0 Å². The standard InChI is InChI=1S/C20H29NO4/c1-8-25-17(23)10-9-16(22)21-13-11-14(19(2,3)4)18(24)15(12-13)20(5,6)7/h9-12,24H,8H2,1-7H3,(H,21,22)/b10-9-. The van der Waals surface area contributed by atoms with E-state index in [9.17, 15) is 14.7 Å². The molecule has 0 aliphatic rings. The van der Waals surface area contributed by atoms with E-state index in [0.29, 0.717) is 5.69 Å². The minimum Gasteiger partial charge on any atom is -0.507 e. The number of phenolic OH excluding ortho intramolecular Hbond substituents is 1. The van der Waals surface area contributed by atoms with Crippen LogP contribution in [0.25, 0.3) is 0 Å². The minimum absolute atomic E-state index is 0.250. The van der Waals surface area contributed by atoms with Crippen molar-refractivity contribution in [2.45, 2.75) is 59.3 Å². The SMILES string of the molecule is CCOC(=O)/C=C\C(=O)Nc1cc(C(C)(C)C)c(O)c(C(C)(C)C)c1. The van der Waals surface area contributed by atoms with Gasteiger partial charge in [0.2, 0.25) is 5.91 Å². The van der Waals surface area contributed by atoms with Crippen LogP contribution in [0.15, 0.2) is 24.3 Å². The fraction of sp³-hybridized carbons (Fsp3) is 0.500. The maximum atomic E-state index is 12.1. The molecule has 0 fully saturated rings. The summed E-state index contributed by atoms with van der Waals surface area (Å²) in [4.78, 5) is 23.4. The van der Waals surface area contributed by atoms with E-state index in [1.54, 1.807) is 19.1 Å². The molecule has 138 valence electrons. The van der Waals surface area contributed by atoms with Crippen molar-refractivity contribution in [3.8, 4) is 5.75 Å². The van der Waals surface area contributed by atoms with E-state index in [4.69, 9.17) is 4.74 Å². The Hall–Kier alpha value is -2.30. The Labute approximate surface area is 150 Å². The van der Waals surface area contributed by atoms with Gasteiger partial charge in [-0.2, -0.15) is 0 Å². The van der Waals surface area contributed by atoms with Gasteiger partial charge >= 0.3 is 5.97 Å². The zero-order valence-electron chi connectivity index (χ0n) is 16.2. The first-order valence-corrected chi connectivity index (χ1v) is 8.40. The highest BCUT2D eigenvalue weighted by molar-refractivity contribution is 6.02. The van der Waals surface area contributed by atoms with E-state index in [1.807, 2.05) is 41.5 Å². The maximum Gasteiger partial charge on any atom is 0.330 e. The first kappa shape index (κ1) is 20.7. The fourth-order valence-corrected chi connectivity index (χ4v) is 2.37. The first-order chi connectivity index (χ1) is 11.4. The largest absolute Gasteiger partial charge is 0.507 e. The number of benzene rings is 1. The highest BCUT2D eigenvalue weighted by atomic mass is 16.5. The van der Waals surface area contributed by atoms with Crippen LogP contribution in [-0.4, -0.2) is 23.6 Å². The van der Waals surface area contributed by atoms with E-state index < -0.39 is 11.9 Å². The van der Waals surface area contributed by atoms with Gasteiger partial charge in [0.15, 0.2) is 0 Å². The molecule has 2 N–H and O–H groups in total. The van der Waals surface area contributed by atoms with E-state index in [1.165, 1.54) is 0 Å². The molecule has 0 radical (unpaired) electrons. The molecule has 1 amide bonds. The van der Waals surface area contributed by atoms with Crippen LogP contribution >= 0.6 is 0 Å². The van der Waals surface area contributed by atoms with Crippen molar-refractivity contribution in [2.24, 2.45) is 0 Å². The van der Waals surface area contributed by atoms with Crippen LogP contribution in [0.5, 0.6) is 5.75 Å². The average molecular weight is 347 g/mol. The monoisotopic (exact) mass is 347 g/mol. The lowest BCUT2D eigenvalue weighted by Crippen LogP contribution is -2.19. The number of esters is 1. The highest BCUT2D eigenvalue weighted by Crippen LogP contribution is 2.40. The second-order valence-corrected chi connectivity index (χ2v) is 7.99. The summed E-state index contributed by atoms with van der Waals surface area (Å²) < 4.78 is 4.75. The van der Waals surface area contributed by atoms with E-state index in [-0.39, 0.29) is 23.2 Å². The lowest BCUT2D eigenvalue weighted by atomic mass is 9.79. The quantitative estimate of drug-likeness (QED) is 0.489. The molecule has 0 aliphatic heterocycles. The number of rotatable bonds is 4. The second kappa shape index (κ2) is 7.72. The number of carbonyl (C=O) groups is 2. The number of hydrogen-bond donors (Lipinski definition) is 2. The molecule has 0 heterocycles. The number of hydrogen-bond acceptors (Lipinski definition) is 4. The summed E-state index contributed by atoms with van der Waals surface area (Å²) in [5, 5.41) is 13.4. The summed E-state index contributed by atoms with van der Waals surface area (Å²) in [6.07, 6.45) is 2.23. The molecule has 1 aromatic carbocycles. The third kappa shape index (κ3) is 5.93. The summed E-state index contributed by atoms with van der Waals surface area (Å²) in [7, 11) is 0. The summed E-state index contributed by atoms with van der Waals surface area (Å²) in [6.45, 7) is 14.0. The van der Waals surface area contributed by atoms with Crippen LogP contribution in [-0.2, 0) is 25.2 Å². The summed E-state index contributed by atoms with van der Waals surface area (Å²) in [5.74, 6) is -0.743. The van der Waals surface area contributed by atoms with Crippen LogP contribution in [0.1, 0.15) is 59.6 Å². The predicted octanol–water partition coefficient (Wildman–Crippen LogP) is 4.05. The van der Waals surface area contributed by atoms with Crippen molar-refractivity contribution >= 4 is 17.6 Å². The molecule has 5 heteroatoms. The number of aromatic hydroxyl groups is 1. The van der Waals surface area contributed by atoms with Gasteiger partial charge in [-0.3, -0.25) is 4.79 Å². The smallest absolute Gasteiger partial charge is 0.330 e. The normalized spacial score (nSPS) is 12.3. The molecule has 0 aromatic heterocycles. The van der Waals surface area contributed by atoms with Gasteiger partial charge in [0.25, 0.3) is 0 Å². The van der Waals surface area contributed by atoms with Crippen molar-refractivity contribution in [3.63, 3.8) is 0 Å². The molecule has 1 aromatic rings. The topological polar surface area (TPSA) is 75.6 Å². The number of phenols is 1. The first-order valence-electron chi connectivity index (χ1n) is 8.40. The summed E-state index contributed by atoms with van der Waals surface area (Å²) >= 11 is 0. The summed E-state index contributed by atoms with van der Waals surface area (Å²) in [5.41, 5.74) is 1.51. The molecule has 0 spiro atoms. The summed E-state index contributed by atoms with van der Waals surface area (Å²) in [6, 6.07) is 3.53. The lowest BCUT2D eigenvalue weighted by Gasteiger charge is -2.28. The van der Waals surface area contributed by atoms with E-state index in [0.717, 1.165) is 23.3 Å². The van der Waals surface area contributed by atoms with Crippen LogP contribution in [0.2, 0.25) is 0 Å². The fourth-order valence-electron chi connectivity index (χ4n) is 2.37. The molecule has 1 rings (SSSR count). The second-order valence-electron chi connectivity index (χ2n) is 7.99. The van der Waals surface area contributed by atoms with Crippen molar-refractivity contribution in [1.29, 1.82) is 0 Å². The zero-order valence-corrected chi connectivity index (χ0v) is 16.2. The van der Waals surface area contributed by atoms with Crippen LogP contribution < -0.4 is 5.32 Å². The van der Waals surface area contributed by atoms with Crippen molar-refractivity contribution in [3.05, 3.63) is 35.4 Å². The Balaban J connectivity index is 3.20. The van der Waals surface area contributed by atoms with E-state index in [2.05, 4.69) is 5.32 Å². The van der Waals surface area contributed by atoms with Gasteiger partial charge in [0.1, 0.15) is 5.75 Å². The Bertz CT molecular complexity index is 641. The average Bonchev–Trinajstić information content (AvgIpc) is 2.44. The zero-order chi connectivity index (χ0) is 19.4. The molecule has 5 nitrogen and oxygen atoms in total. The Morgan fingerprint density at radius 3 is 1.92 bits per heavy atom. The number of amides is 1. The van der Waals surface area contributed by atoms with Crippen LogP contribution in [0.3, 0.4) is 0 Å². The third-order valence-corrected chi connectivity index (χ3v) is 3.65. The van der Waals surface area contributed by atoms with Crippen LogP contribution in [0, 0.1) is 0 Å². The highest BCUT2D eigenvalue weighted by Gasteiger charge is 2.26. The molecular weight excluding hydrogens is 318 g/mol. The number of anilines is 1. The number of nitrogens with one attached hydrogen (secondary N) is 1. The Morgan fingerprint density at radius 2 is 1.52 bits per heavy atom. The number of ether oxygens (including phenoxy) is 1. The minimum atomic E-state index is -0.561. The molecule has 0 bridgehead atoms. The van der Waals surface area contributed by atoms with Crippen molar-refractivity contribution < 1.29 is 19.4 Å². The molecule has 0 saturated carbocycles. The van der Waals surface area contributed by atoms with Crippen molar-refractivity contribution in [2.75, 3.05) is 11.9 Å². The van der Waals surface area contributed by atoms with Gasteiger partial charge < -0.3 is 15.2 Å². The molecule has 25 heavy (non-hydrogen) atoms. The van der Waals surface area contributed by atoms with Gasteiger partial charge in [-0.1, -0.05) is 41.5 Å². The lowest BCUT2D eigenvalue weighted by molar-refractivity contribution is -0.137. The van der Waals surface area contributed by atoms with E-state index >= 15 is 0 Å². The predicted molar refractivity (Wildman–Crippen MR) is 99.9 cm³/mol. The molecule has 0 saturated heterocycles. The molecular formula is C20H29NO4. The number of carbonyl (C=O) groups excluding carboxylic acids is 2. The third-order valence-electron chi connectivity index (χ3n) is 3.65. The molecule has 0 aliphatic carbocycles. The van der Waals surface area contributed by atoms with Crippen molar-refractivity contribution in [1.82, 2.24) is 0 Å². The van der Waals surface area contributed by atoms with Gasteiger partial charge in [-0.05, 0) is 29.9 Å². The van der Waals surface area contributed by atoms with Gasteiger partial charge in [-0.15, -0.1) is 0 Å². The molecule has 0 unspecified atom stereocenters. The molecule has 0 atom stereocenters.